The summed E-state index contributed by atoms with van der Waals surface area (Å²) in [7, 11) is 0. The van der Waals surface area contributed by atoms with Crippen molar-refractivity contribution in [2.45, 2.75) is 6.92 Å². The minimum Gasteiger partial charge on any atom is -0.232 e. The summed E-state index contributed by atoms with van der Waals surface area (Å²) in [4.78, 5) is 9.48. The van der Waals surface area contributed by atoms with Crippen LogP contribution in [0.25, 0.3) is 42.3 Å². The molecule has 0 saturated carbocycles. The largest absolute Gasteiger partial charge is 0.232 e. The molecule has 3 heteroatoms. The zero-order chi connectivity index (χ0) is 16.1. The monoisotopic (exact) mass is 326 g/mol. The maximum atomic E-state index is 4.77. The molecule has 0 aliphatic rings. The average molecular weight is 326 g/mol. The number of hydrogen-bond donors (Lipinski definition) is 0. The third kappa shape index (κ3) is 2.02. The number of benzene rings is 3. The molecule has 24 heavy (non-hydrogen) atoms. The molecule has 0 aliphatic heterocycles. The number of aromatic nitrogens is 2. The van der Waals surface area contributed by atoms with Crippen LogP contribution in [0.15, 0.2) is 66.7 Å². The molecule has 114 valence electrons. The first-order chi connectivity index (χ1) is 11.8. The summed E-state index contributed by atoms with van der Waals surface area (Å²) in [5.41, 5.74) is 3.24. The number of rotatable bonds is 1. The molecule has 2 aromatic heterocycles. The Hall–Kier alpha value is -2.78. The van der Waals surface area contributed by atoms with Crippen LogP contribution in [0.4, 0.5) is 0 Å². The smallest absolute Gasteiger partial charge is 0.126 e. The summed E-state index contributed by atoms with van der Waals surface area (Å²) in [6.07, 6.45) is 0. The van der Waals surface area contributed by atoms with Crippen LogP contribution in [0, 0.1) is 6.92 Å². The maximum Gasteiger partial charge on any atom is 0.126 e. The quantitative estimate of drug-likeness (QED) is 0.379. The minimum atomic E-state index is 0.814. The van der Waals surface area contributed by atoms with E-state index in [-0.39, 0.29) is 0 Å². The molecule has 3 aromatic carbocycles. The minimum absolute atomic E-state index is 0.814. The fourth-order valence-corrected chi connectivity index (χ4v) is 4.39. The van der Waals surface area contributed by atoms with Gasteiger partial charge in [0.2, 0.25) is 0 Å². The van der Waals surface area contributed by atoms with Gasteiger partial charge in [0.1, 0.15) is 5.82 Å². The Bertz CT molecular complexity index is 1220. The first kappa shape index (κ1) is 13.6. The molecule has 2 nitrogen and oxygen atoms in total. The molecular formula is C21H14N2S. The van der Waals surface area contributed by atoms with E-state index < -0.39 is 0 Å². The second-order valence-corrected chi connectivity index (χ2v) is 7.01. The standard InChI is InChI=1S/C21H14N2S/c1-13-22-19(16-11-10-14-6-2-3-7-15(14)12-16)21-20(23-13)17-8-4-5-9-18(17)24-21/h2-12H,1H3. The van der Waals surface area contributed by atoms with E-state index in [9.17, 15) is 0 Å². The molecule has 0 unspecified atom stereocenters. The van der Waals surface area contributed by atoms with E-state index in [1.54, 1.807) is 11.3 Å². The second kappa shape index (κ2) is 5.11. The van der Waals surface area contributed by atoms with Gasteiger partial charge in [0, 0.05) is 15.6 Å². The Morgan fingerprint density at radius 3 is 2.50 bits per heavy atom. The first-order valence-electron chi connectivity index (χ1n) is 7.95. The molecule has 2 heterocycles. The van der Waals surface area contributed by atoms with Crippen molar-refractivity contribution in [3.63, 3.8) is 0 Å². The van der Waals surface area contributed by atoms with Gasteiger partial charge in [-0.2, -0.15) is 0 Å². The summed E-state index contributed by atoms with van der Waals surface area (Å²) in [5.74, 6) is 0.814. The van der Waals surface area contributed by atoms with E-state index in [0.29, 0.717) is 0 Å². The number of aryl methyl sites for hydroxylation is 1. The van der Waals surface area contributed by atoms with Gasteiger partial charge in [0.25, 0.3) is 0 Å². The highest BCUT2D eigenvalue weighted by Gasteiger charge is 2.14. The van der Waals surface area contributed by atoms with Crippen LogP contribution in [0.2, 0.25) is 0 Å². The van der Waals surface area contributed by atoms with Crippen molar-refractivity contribution in [2.24, 2.45) is 0 Å². The highest BCUT2D eigenvalue weighted by atomic mass is 32.1. The summed E-state index contributed by atoms with van der Waals surface area (Å²) < 4.78 is 2.42. The van der Waals surface area contributed by atoms with Gasteiger partial charge in [-0.3, -0.25) is 0 Å². The van der Waals surface area contributed by atoms with E-state index in [0.717, 1.165) is 27.3 Å². The van der Waals surface area contributed by atoms with Crippen molar-refractivity contribution in [2.75, 3.05) is 0 Å². The molecule has 0 atom stereocenters. The van der Waals surface area contributed by atoms with Crippen molar-refractivity contribution in [3.8, 4) is 11.3 Å². The zero-order valence-electron chi connectivity index (χ0n) is 13.2. The predicted octanol–water partition coefficient (Wildman–Crippen LogP) is 5.97. The molecule has 5 rings (SSSR count). The van der Waals surface area contributed by atoms with Crippen molar-refractivity contribution < 1.29 is 0 Å². The summed E-state index contributed by atoms with van der Waals surface area (Å²) in [6, 6.07) is 23.4. The molecule has 0 bridgehead atoms. The van der Waals surface area contributed by atoms with Crippen molar-refractivity contribution in [1.29, 1.82) is 0 Å². The van der Waals surface area contributed by atoms with Crippen molar-refractivity contribution in [3.05, 3.63) is 72.6 Å². The average Bonchev–Trinajstić information content (AvgIpc) is 2.99. The molecule has 0 fully saturated rings. The number of thiophene rings is 1. The first-order valence-corrected chi connectivity index (χ1v) is 8.76. The van der Waals surface area contributed by atoms with Crippen LogP contribution in [0.5, 0.6) is 0 Å². The van der Waals surface area contributed by atoms with Gasteiger partial charge in [-0.15, -0.1) is 11.3 Å². The van der Waals surface area contributed by atoms with Gasteiger partial charge in [-0.1, -0.05) is 54.6 Å². The topological polar surface area (TPSA) is 25.8 Å². The fourth-order valence-electron chi connectivity index (χ4n) is 3.24. The Morgan fingerprint density at radius 1 is 0.792 bits per heavy atom. The Kier molecular flexibility index (Phi) is 2.91. The van der Waals surface area contributed by atoms with Crippen molar-refractivity contribution in [1.82, 2.24) is 9.97 Å². The molecule has 5 aromatic rings. The third-order valence-electron chi connectivity index (χ3n) is 4.35. The summed E-state index contributed by atoms with van der Waals surface area (Å²) in [6.45, 7) is 1.97. The lowest BCUT2D eigenvalue weighted by Crippen LogP contribution is -1.92. The Balaban J connectivity index is 1.87. The lowest BCUT2D eigenvalue weighted by molar-refractivity contribution is 1.10. The van der Waals surface area contributed by atoms with Crippen molar-refractivity contribution >= 4 is 42.4 Å². The van der Waals surface area contributed by atoms with Crippen LogP contribution < -0.4 is 0 Å². The number of nitrogens with zero attached hydrogens (tertiary/aromatic N) is 2. The molecule has 0 amide bonds. The molecule has 0 aliphatic carbocycles. The van der Waals surface area contributed by atoms with Gasteiger partial charge >= 0.3 is 0 Å². The predicted molar refractivity (Wildman–Crippen MR) is 103 cm³/mol. The zero-order valence-corrected chi connectivity index (χ0v) is 14.0. The number of hydrogen-bond acceptors (Lipinski definition) is 3. The van der Waals surface area contributed by atoms with Gasteiger partial charge in [0.15, 0.2) is 0 Å². The number of fused-ring (bicyclic) bond motifs is 4. The maximum absolute atomic E-state index is 4.77. The van der Waals surface area contributed by atoms with Gasteiger partial charge < -0.3 is 0 Å². The van der Waals surface area contributed by atoms with Crippen LogP contribution in [0.1, 0.15) is 5.82 Å². The Labute approximate surface area is 143 Å². The van der Waals surface area contributed by atoms with Crippen LogP contribution in [-0.2, 0) is 0 Å². The lowest BCUT2D eigenvalue weighted by atomic mass is 10.0. The summed E-state index contributed by atoms with van der Waals surface area (Å²) in [5, 5.41) is 3.70. The van der Waals surface area contributed by atoms with E-state index in [2.05, 4.69) is 66.7 Å². The molecule has 0 N–H and O–H groups in total. The third-order valence-corrected chi connectivity index (χ3v) is 5.52. The van der Waals surface area contributed by atoms with Gasteiger partial charge in [-0.05, 0) is 29.8 Å². The normalized spacial score (nSPS) is 11.5. The highest BCUT2D eigenvalue weighted by Crippen LogP contribution is 2.38. The second-order valence-electron chi connectivity index (χ2n) is 5.96. The Morgan fingerprint density at radius 2 is 1.58 bits per heavy atom. The van der Waals surface area contributed by atoms with Gasteiger partial charge in [0.05, 0.1) is 15.9 Å². The highest BCUT2D eigenvalue weighted by molar-refractivity contribution is 7.26. The fraction of sp³-hybridized carbons (Fsp3) is 0.0476. The molecule has 0 radical (unpaired) electrons. The van der Waals surface area contributed by atoms with Crippen LogP contribution >= 0.6 is 11.3 Å². The summed E-state index contributed by atoms with van der Waals surface area (Å²) >= 11 is 1.77. The van der Waals surface area contributed by atoms with E-state index in [4.69, 9.17) is 9.97 Å². The van der Waals surface area contributed by atoms with Gasteiger partial charge in [-0.25, -0.2) is 9.97 Å². The van der Waals surface area contributed by atoms with E-state index in [1.165, 1.54) is 20.9 Å². The molecule has 0 saturated heterocycles. The van der Waals surface area contributed by atoms with Crippen LogP contribution in [-0.4, -0.2) is 9.97 Å². The molecular weight excluding hydrogens is 312 g/mol. The SMILES string of the molecule is Cc1nc(-c2ccc3ccccc3c2)c2sc3ccccc3c2n1. The molecule has 0 spiro atoms. The lowest BCUT2D eigenvalue weighted by Gasteiger charge is -2.06. The van der Waals surface area contributed by atoms with E-state index >= 15 is 0 Å². The van der Waals surface area contributed by atoms with E-state index in [1.807, 2.05) is 6.92 Å². The van der Waals surface area contributed by atoms with Crippen LogP contribution in [0.3, 0.4) is 0 Å².